The maximum atomic E-state index is 11.4. The van der Waals surface area contributed by atoms with Crippen LogP contribution in [0.4, 0.5) is 13.2 Å². The molecule has 0 saturated carbocycles. The Morgan fingerprint density at radius 2 is 1.78 bits per heavy atom. The minimum absolute atomic E-state index is 0.829. The Balaban J connectivity index is 4.23. The molecule has 0 unspecified atom stereocenters. The van der Waals surface area contributed by atoms with Gasteiger partial charge in [-0.3, -0.25) is 4.79 Å². The quantitative estimate of drug-likeness (QED) is 0.504. The first kappa shape index (κ1) is 8.20. The van der Waals surface area contributed by atoms with Crippen molar-refractivity contribution in [2.24, 2.45) is 0 Å². The van der Waals surface area contributed by atoms with Gasteiger partial charge in [-0.1, -0.05) is 6.58 Å². The lowest BCUT2D eigenvalue weighted by Crippen LogP contribution is -2.16. The van der Waals surface area contributed by atoms with Gasteiger partial charge in [0.25, 0.3) is 0 Å². The van der Waals surface area contributed by atoms with Crippen LogP contribution in [0, 0.1) is 0 Å². The van der Waals surface area contributed by atoms with Gasteiger partial charge >= 0.3 is 6.18 Å². The first-order chi connectivity index (χ1) is 3.85. The molecule has 0 aromatic heterocycles. The molecule has 0 heterocycles. The van der Waals surface area contributed by atoms with Gasteiger partial charge in [0.1, 0.15) is 0 Å². The molecule has 0 N–H and O–H groups in total. The summed E-state index contributed by atoms with van der Waals surface area (Å²) in [5.41, 5.74) is -1.30. The molecular weight excluding hydrogens is 133 g/mol. The zero-order chi connectivity index (χ0) is 7.65. The van der Waals surface area contributed by atoms with E-state index in [1.165, 1.54) is 0 Å². The van der Waals surface area contributed by atoms with Crippen molar-refractivity contribution < 1.29 is 18.0 Å². The number of hydrogen-bond acceptors (Lipinski definition) is 1. The Morgan fingerprint density at radius 3 is 1.78 bits per heavy atom. The minimum atomic E-state index is -4.56. The maximum Gasteiger partial charge on any atom is 0.419 e. The van der Waals surface area contributed by atoms with Crippen molar-refractivity contribution in [2.75, 3.05) is 0 Å². The molecule has 9 heavy (non-hydrogen) atoms. The van der Waals surface area contributed by atoms with E-state index in [0.717, 1.165) is 6.92 Å². The lowest BCUT2D eigenvalue weighted by atomic mass is 10.2. The van der Waals surface area contributed by atoms with Crippen molar-refractivity contribution in [3.63, 3.8) is 0 Å². The van der Waals surface area contributed by atoms with Gasteiger partial charge in [-0.15, -0.1) is 0 Å². The van der Waals surface area contributed by atoms with E-state index in [4.69, 9.17) is 0 Å². The highest BCUT2D eigenvalue weighted by Gasteiger charge is 2.34. The van der Waals surface area contributed by atoms with Crippen molar-refractivity contribution in [1.82, 2.24) is 0 Å². The number of Topliss-reactive ketones (excluding diaryl/α,β-unsaturated/α-hetero) is 1. The molecule has 0 aliphatic carbocycles. The van der Waals surface area contributed by atoms with E-state index in [1.54, 1.807) is 0 Å². The summed E-state index contributed by atoms with van der Waals surface area (Å²) in [5, 5.41) is 0. The first-order valence-electron chi connectivity index (χ1n) is 2.12. The molecule has 0 aromatic rings. The molecule has 0 radical (unpaired) electrons. The Hall–Kier alpha value is -0.800. The van der Waals surface area contributed by atoms with Gasteiger partial charge in [-0.2, -0.15) is 13.2 Å². The highest BCUT2D eigenvalue weighted by Crippen LogP contribution is 2.23. The number of hydrogen-bond donors (Lipinski definition) is 0. The van der Waals surface area contributed by atoms with E-state index in [0.29, 0.717) is 0 Å². The number of carbonyl (C=O) groups excluding carboxylic acids is 1. The molecule has 0 atom stereocenters. The zero-order valence-electron chi connectivity index (χ0n) is 4.75. The van der Waals surface area contributed by atoms with Crippen LogP contribution in [-0.2, 0) is 4.79 Å². The number of allylic oxidation sites excluding steroid dienone is 1. The topological polar surface area (TPSA) is 17.1 Å². The number of alkyl halides is 3. The van der Waals surface area contributed by atoms with Crippen LogP contribution in [0.3, 0.4) is 0 Å². The Morgan fingerprint density at radius 1 is 1.44 bits per heavy atom. The van der Waals surface area contributed by atoms with Crippen LogP contribution in [-0.4, -0.2) is 12.0 Å². The molecule has 0 saturated heterocycles. The summed E-state index contributed by atoms with van der Waals surface area (Å²) in [4.78, 5) is 9.97. The van der Waals surface area contributed by atoms with Crippen molar-refractivity contribution in [2.45, 2.75) is 13.1 Å². The predicted octanol–water partition coefficient (Wildman–Crippen LogP) is 1.69. The lowest BCUT2D eigenvalue weighted by molar-refractivity contribution is -0.126. The summed E-state index contributed by atoms with van der Waals surface area (Å²) in [6, 6.07) is 0. The summed E-state index contributed by atoms with van der Waals surface area (Å²) in [5.74, 6) is -1.04. The van der Waals surface area contributed by atoms with Crippen LogP contribution in [0.1, 0.15) is 6.92 Å². The molecule has 0 aliphatic heterocycles. The second kappa shape index (κ2) is 2.21. The summed E-state index contributed by atoms with van der Waals surface area (Å²) in [6.07, 6.45) is -4.56. The first-order valence-corrected chi connectivity index (χ1v) is 2.12. The van der Waals surface area contributed by atoms with E-state index in [2.05, 4.69) is 6.58 Å². The van der Waals surface area contributed by atoms with E-state index < -0.39 is 17.5 Å². The van der Waals surface area contributed by atoms with E-state index in [-0.39, 0.29) is 0 Å². The fraction of sp³-hybridized carbons (Fsp3) is 0.400. The molecule has 4 heteroatoms. The van der Waals surface area contributed by atoms with Crippen LogP contribution >= 0.6 is 0 Å². The molecule has 0 bridgehead atoms. The van der Waals surface area contributed by atoms with Crippen LogP contribution in [0.25, 0.3) is 0 Å². The third kappa shape index (κ3) is 2.30. The van der Waals surface area contributed by atoms with Gasteiger partial charge in [-0.05, 0) is 6.92 Å². The van der Waals surface area contributed by atoms with Gasteiger partial charge in [0, 0.05) is 0 Å². The Bertz CT molecular complexity index is 145. The largest absolute Gasteiger partial charge is 0.419 e. The van der Waals surface area contributed by atoms with Gasteiger partial charge in [-0.25, -0.2) is 0 Å². The molecule has 52 valence electrons. The van der Waals surface area contributed by atoms with Gasteiger partial charge in [0.2, 0.25) is 0 Å². The summed E-state index contributed by atoms with van der Waals surface area (Å²) in [7, 11) is 0. The highest BCUT2D eigenvalue weighted by molar-refractivity contribution is 5.93. The van der Waals surface area contributed by atoms with Crippen LogP contribution < -0.4 is 0 Å². The third-order valence-electron chi connectivity index (χ3n) is 0.767. The fourth-order valence-electron chi connectivity index (χ4n) is 0.200. The van der Waals surface area contributed by atoms with Crippen LogP contribution in [0.2, 0.25) is 0 Å². The molecule has 0 rings (SSSR count). The Kier molecular flexibility index (Phi) is 2.01. The maximum absolute atomic E-state index is 11.4. The van der Waals surface area contributed by atoms with Crippen molar-refractivity contribution in [3.05, 3.63) is 12.2 Å². The SMILES string of the molecule is C=C(C(C)=O)C(F)(F)F. The van der Waals surface area contributed by atoms with Gasteiger partial charge < -0.3 is 0 Å². The van der Waals surface area contributed by atoms with Crippen LogP contribution in [0.15, 0.2) is 12.2 Å². The van der Waals surface area contributed by atoms with Gasteiger partial charge in [0.15, 0.2) is 5.78 Å². The second-order valence-corrected chi connectivity index (χ2v) is 1.53. The smallest absolute Gasteiger partial charge is 0.295 e. The molecular formula is C5H5F3O. The number of rotatable bonds is 1. The number of ketones is 1. The molecule has 0 aromatic carbocycles. The number of carbonyl (C=O) groups is 1. The van der Waals surface area contributed by atoms with Crippen molar-refractivity contribution in [3.8, 4) is 0 Å². The standard InChI is InChI=1S/C5H5F3O/c1-3(4(2)9)5(6,7)8/h1H2,2H3. The lowest BCUT2D eigenvalue weighted by Gasteiger charge is -2.04. The van der Waals surface area contributed by atoms with Crippen LogP contribution in [0.5, 0.6) is 0 Å². The highest BCUT2D eigenvalue weighted by atomic mass is 19.4. The molecule has 0 spiro atoms. The Labute approximate surface area is 50.2 Å². The van der Waals surface area contributed by atoms with E-state index >= 15 is 0 Å². The van der Waals surface area contributed by atoms with Crippen molar-refractivity contribution >= 4 is 5.78 Å². The van der Waals surface area contributed by atoms with E-state index in [1.807, 2.05) is 0 Å². The fourth-order valence-corrected chi connectivity index (χ4v) is 0.200. The second-order valence-electron chi connectivity index (χ2n) is 1.53. The zero-order valence-corrected chi connectivity index (χ0v) is 4.75. The number of halogens is 3. The summed E-state index contributed by atoms with van der Waals surface area (Å²) < 4.78 is 34.1. The average Bonchev–Trinajstić information content (AvgIpc) is 1.62. The molecule has 1 nitrogen and oxygen atoms in total. The third-order valence-corrected chi connectivity index (χ3v) is 0.767. The van der Waals surface area contributed by atoms with E-state index in [9.17, 15) is 18.0 Å². The molecule has 0 aliphatic rings. The van der Waals surface area contributed by atoms with Gasteiger partial charge in [0.05, 0.1) is 5.57 Å². The molecule has 0 fully saturated rings. The molecule has 0 amide bonds. The summed E-state index contributed by atoms with van der Waals surface area (Å²) in [6.45, 7) is 3.38. The predicted molar refractivity (Wildman–Crippen MR) is 25.9 cm³/mol. The normalized spacial score (nSPS) is 11.1. The summed E-state index contributed by atoms with van der Waals surface area (Å²) >= 11 is 0. The monoisotopic (exact) mass is 138 g/mol. The van der Waals surface area contributed by atoms with Crippen molar-refractivity contribution in [1.29, 1.82) is 0 Å². The minimum Gasteiger partial charge on any atom is -0.295 e. The average molecular weight is 138 g/mol.